The molecule has 0 aromatic rings. The second-order valence-electron chi connectivity index (χ2n) is 6.33. The van der Waals surface area contributed by atoms with Gasteiger partial charge in [0, 0.05) is 0 Å². The van der Waals surface area contributed by atoms with Crippen LogP contribution in [0.5, 0.6) is 0 Å². The molecule has 2 heterocycles. The molecule has 2 fully saturated rings. The number of aliphatic hydroxyl groups is 6. The second-order valence-corrected chi connectivity index (χ2v) is 17.4. The zero-order valence-corrected chi connectivity index (χ0v) is 20.3. The first-order valence-corrected chi connectivity index (χ1v) is 16.7. The van der Waals surface area contributed by atoms with Crippen LogP contribution in [0.25, 0.3) is 0 Å². The van der Waals surface area contributed by atoms with E-state index < -0.39 is 114 Å². The van der Waals surface area contributed by atoms with E-state index in [1.165, 1.54) is 0 Å². The average Bonchev–Trinajstić information content (AvgIpc) is 2.69. The molecule has 0 amide bonds. The number of hydrogen-bond donors (Lipinski definition) is 8. The number of rotatable bonds is 8. The third-order valence-corrected chi connectivity index (χ3v) is 18.5. The molecule has 2 aliphatic rings. The first-order chi connectivity index (χ1) is 14.3. The second kappa shape index (κ2) is 10.3. The molecule has 8 N–H and O–H groups in total. The van der Waals surface area contributed by atoms with Crippen LogP contribution in [0.4, 0.5) is 0 Å². The Morgan fingerprint density at radius 3 is 1.35 bits per heavy atom. The minimum atomic E-state index is -6.51. The predicted octanol–water partition coefficient (Wildman–Crippen LogP) is -6.10. The molecule has 0 saturated carbocycles. The molecular formula is C12H20O17Sb2. The fraction of sp³-hybridized carbons (Fsp3) is 0.833. The summed E-state index contributed by atoms with van der Waals surface area (Å²) in [6, 6.07) is 0. The zero-order chi connectivity index (χ0) is 23.7. The third-order valence-electron chi connectivity index (χ3n) is 4.10. The molecule has 2 saturated heterocycles. The van der Waals surface area contributed by atoms with Crippen LogP contribution in [0.3, 0.4) is 0 Å². The molecular weight excluding hydrogens is 660 g/mol. The molecule has 180 valence electrons. The van der Waals surface area contributed by atoms with E-state index in [-0.39, 0.29) is 0 Å². The maximum absolute atomic E-state index is 12.9. The van der Waals surface area contributed by atoms with Crippen LogP contribution in [-0.2, 0) is 29.0 Å². The van der Waals surface area contributed by atoms with Crippen molar-refractivity contribution in [2.24, 2.45) is 0 Å². The number of aliphatic carboxylic acids is 2. The Balaban J connectivity index is 2.38. The normalized spacial score (nSPS) is 43.2. The van der Waals surface area contributed by atoms with Gasteiger partial charge in [-0.05, 0) is 0 Å². The van der Waals surface area contributed by atoms with E-state index in [1.54, 1.807) is 0 Å². The summed E-state index contributed by atoms with van der Waals surface area (Å²) in [5, 5.41) is 75.6. The molecule has 0 spiro atoms. The summed E-state index contributed by atoms with van der Waals surface area (Å²) in [4.78, 5) is 22.6. The topological polar surface area (TPSA) is 276 Å². The van der Waals surface area contributed by atoms with E-state index in [0.29, 0.717) is 0 Å². The van der Waals surface area contributed by atoms with Crippen molar-refractivity contribution in [1.29, 1.82) is 0 Å². The Morgan fingerprint density at radius 2 is 1.10 bits per heavy atom. The van der Waals surface area contributed by atoms with Gasteiger partial charge in [0.05, 0.1) is 0 Å². The van der Waals surface area contributed by atoms with Crippen molar-refractivity contribution in [2.45, 2.75) is 48.8 Å². The Kier molecular flexibility index (Phi) is 9.00. The third kappa shape index (κ3) is 6.00. The summed E-state index contributed by atoms with van der Waals surface area (Å²) >= 11 is -13.0. The number of aliphatic hydroxyl groups excluding tert-OH is 6. The molecule has 19 heteroatoms. The van der Waals surface area contributed by atoms with Crippen LogP contribution in [0.1, 0.15) is 0 Å². The predicted molar refractivity (Wildman–Crippen MR) is 86.9 cm³/mol. The van der Waals surface area contributed by atoms with E-state index in [2.05, 4.69) is 7.32 Å². The van der Waals surface area contributed by atoms with Gasteiger partial charge in [0.2, 0.25) is 0 Å². The van der Waals surface area contributed by atoms with Gasteiger partial charge < -0.3 is 0 Å². The molecule has 31 heavy (non-hydrogen) atoms. The summed E-state index contributed by atoms with van der Waals surface area (Å²) < 4.78 is 49.3. The van der Waals surface area contributed by atoms with Crippen molar-refractivity contribution in [3.8, 4) is 0 Å². The van der Waals surface area contributed by atoms with Gasteiger partial charge in [0.25, 0.3) is 0 Å². The Morgan fingerprint density at radius 1 is 0.774 bits per heavy atom. The summed E-state index contributed by atoms with van der Waals surface area (Å²) in [6.45, 7) is -2.19. The Hall–Kier alpha value is -0.264. The van der Waals surface area contributed by atoms with E-state index in [1.807, 2.05) is 0 Å². The monoisotopic (exact) mass is 678 g/mol. The number of carboxylic acid groups (broad SMARTS) is 2. The number of carbonyl (C=O) groups is 2. The first-order valence-electron chi connectivity index (χ1n) is 8.32. The number of hydrogen-bond acceptors (Lipinski definition) is 15. The van der Waals surface area contributed by atoms with Crippen LogP contribution < -0.4 is 0 Å². The summed E-state index contributed by atoms with van der Waals surface area (Å²) in [5.41, 5.74) is 0. The van der Waals surface area contributed by atoms with Crippen LogP contribution >= 0.6 is 0 Å². The fourth-order valence-corrected chi connectivity index (χ4v) is 17.7. The molecule has 2 aliphatic heterocycles. The SMILES string of the molecule is O=C(O)[C@@H]1[O][Sb](=[O])([O][Sb]2(=[O])[O][C@H]([C@H](O)CO)[C@H](O)[C@H](C(=O)O)[O]2)[O][C@H]([C@H](O)CO)[C@@H]1O. The molecule has 2 rings (SSSR count). The minimum absolute atomic E-state index is 1.09. The van der Waals surface area contributed by atoms with Crippen molar-refractivity contribution in [1.82, 2.24) is 0 Å². The maximum atomic E-state index is 12.9. The van der Waals surface area contributed by atoms with Crippen molar-refractivity contribution in [2.75, 3.05) is 13.2 Å². The molecule has 8 atom stereocenters. The van der Waals surface area contributed by atoms with Crippen LogP contribution in [0.2, 0.25) is 0 Å². The summed E-state index contributed by atoms with van der Waals surface area (Å²) in [7, 11) is 0. The van der Waals surface area contributed by atoms with Gasteiger partial charge in [-0.3, -0.25) is 0 Å². The first kappa shape index (κ1) is 27.0. The van der Waals surface area contributed by atoms with Gasteiger partial charge in [-0.2, -0.15) is 0 Å². The van der Waals surface area contributed by atoms with Gasteiger partial charge in [-0.25, -0.2) is 0 Å². The fourth-order valence-electron chi connectivity index (χ4n) is 2.61. The standard InChI is InChI=1S/2C6H10O7.3O.2Sb/c2*7-1-2(8)3(9)4(10)5(11)6(12)13;;;;;/h2*2-5,7-8,10H,1H2,(H,12,13);;;;;/q2*-2;;;;2*+2/t2*2-,3-,4+,5-;;;;;/m11...../s1. The van der Waals surface area contributed by atoms with Crippen molar-refractivity contribution in [3.63, 3.8) is 0 Å². The molecule has 0 aromatic heterocycles. The summed E-state index contributed by atoms with van der Waals surface area (Å²) in [5.74, 6) is -3.81. The van der Waals surface area contributed by atoms with Crippen LogP contribution in [0.15, 0.2) is 0 Å². The quantitative estimate of drug-likeness (QED) is 0.111. The number of carboxylic acids is 2. The molecule has 17 nitrogen and oxygen atoms in total. The molecule has 0 unspecified atom stereocenters. The van der Waals surface area contributed by atoms with Crippen molar-refractivity contribution >= 4 is 52.0 Å². The van der Waals surface area contributed by atoms with Gasteiger partial charge in [0.1, 0.15) is 0 Å². The van der Waals surface area contributed by atoms with E-state index in [9.17, 15) is 36.1 Å². The van der Waals surface area contributed by atoms with Gasteiger partial charge in [0.15, 0.2) is 0 Å². The van der Waals surface area contributed by atoms with Crippen molar-refractivity contribution < 1.29 is 69.8 Å². The van der Waals surface area contributed by atoms with Crippen LogP contribution in [-0.4, -0.2) is 155 Å². The zero-order valence-electron chi connectivity index (χ0n) is 15.2. The average molecular weight is 680 g/mol. The Bertz CT molecular complexity index is 710. The molecule has 0 aromatic carbocycles. The van der Waals surface area contributed by atoms with E-state index in [4.69, 9.17) is 26.5 Å². The van der Waals surface area contributed by atoms with Gasteiger partial charge in [-0.15, -0.1) is 0 Å². The summed E-state index contributed by atoms with van der Waals surface area (Å²) in [6.07, 6.45) is -17.1. The molecule has 0 aliphatic carbocycles. The van der Waals surface area contributed by atoms with Crippen LogP contribution in [0, 0.1) is 0 Å². The van der Waals surface area contributed by atoms with E-state index in [0.717, 1.165) is 0 Å². The van der Waals surface area contributed by atoms with Gasteiger partial charge >= 0.3 is 184 Å². The molecule has 0 radical (unpaired) electrons. The van der Waals surface area contributed by atoms with Crippen molar-refractivity contribution in [3.05, 3.63) is 0 Å². The van der Waals surface area contributed by atoms with Gasteiger partial charge in [-0.1, -0.05) is 0 Å². The molecule has 0 bridgehead atoms. The van der Waals surface area contributed by atoms with E-state index >= 15 is 0 Å². The Labute approximate surface area is 183 Å².